The van der Waals surface area contributed by atoms with Gasteiger partial charge in [0.2, 0.25) is 0 Å². The van der Waals surface area contributed by atoms with Crippen molar-refractivity contribution in [1.29, 1.82) is 0 Å². The smallest absolute Gasteiger partial charge is 0.106 e. The molecule has 0 spiro atoms. The molecule has 1 aliphatic rings. The third kappa shape index (κ3) is 2.96. The SMILES string of the molecule is c1ccc([SiH](c2ccccc2)C2CCOCC2)cc1. The average molecular weight is 268 g/mol. The number of benzene rings is 2. The summed E-state index contributed by atoms with van der Waals surface area (Å²) in [6.07, 6.45) is 2.45. The first-order valence-electron chi connectivity index (χ1n) is 7.13. The molecule has 1 nitrogen and oxygen atoms in total. The minimum absolute atomic E-state index is 0.832. The molecule has 0 aromatic heterocycles. The van der Waals surface area contributed by atoms with Gasteiger partial charge in [-0.1, -0.05) is 71.0 Å². The predicted molar refractivity (Wildman–Crippen MR) is 83.1 cm³/mol. The van der Waals surface area contributed by atoms with Crippen LogP contribution in [0.5, 0.6) is 0 Å². The van der Waals surface area contributed by atoms with Gasteiger partial charge in [-0.2, -0.15) is 0 Å². The van der Waals surface area contributed by atoms with E-state index < -0.39 is 8.80 Å². The zero-order valence-corrected chi connectivity index (χ0v) is 12.3. The Morgan fingerprint density at radius 2 is 1.21 bits per heavy atom. The maximum Gasteiger partial charge on any atom is 0.106 e. The van der Waals surface area contributed by atoms with Gasteiger partial charge in [0.05, 0.1) is 0 Å². The lowest BCUT2D eigenvalue weighted by Gasteiger charge is -2.30. The minimum atomic E-state index is -1.11. The molecule has 0 aliphatic carbocycles. The van der Waals surface area contributed by atoms with Crippen LogP contribution in [-0.4, -0.2) is 22.0 Å². The fourth-order valence-corrected chi connectivity index (χ4v) is 6.79. The van der Waals surface area contributed by atoms with Gasteiger partial charge in [0, 0.05) is 13.2 Å². The minimum Gasteiger partial charge on any atom is -0.381 e. The van der Waals surface area contributed by atoms with E-state index in [2.05, 4.69) is 60.7 Å². The van der Waals surface area contributed by atoms with E-state index in [0.29, 0.717) is 0 Å². The highest BCUT2D eigenvalue weighted by molar-refractivity contribution is 6.86. The molecule has 19 heavy (non-hydrogen) atoms. The van der Waals surface area contributed by atoms with Gasteiger partial charge >= 0.3 is 0 Å². The van der Waals surface area contributed by atoms with Crippen molar-refractivity contribution in [2.45, 2.75) is 18.4 Å². The highest BCUT2D eigenvalue weighted by Gasteiger charge is 2.28. The molecule has 2 aromatic rings. The van der Waals surface area contributed by atoms with E-state index in [1.54, 1.807) is 10.4 Å². The number of hydrogen-bond acceptors (Lipinski definition) is 1. The lowest BCUT2D eigenvalue weighted by Crippen LogP contribution is -2.47. The normalized spacial score (nSPS) is 16.7. The highest BCUT2D eigenvalue weighted by Crippen LogP contribution is 2.24. The molecule has 0 bridgehead atoms. The fraction of sp³-hybridized carbons (Fsp3) is 0.294. The highest BCUT2D eigenvalue weighted by atomic mass is 28.3. The van der Waals surface area contributed by atoms with Crippen LogP contribution in [0.4, 0.5) is 0 Å². The first-order chi connectivity index (χ1) is 9.45. The van der Waals surface area contributed by atoms with Crippen molar-refractivity contribution in [2.24, 2.45) is 0 Å². The van der Waals surface area contributed by atoms with Gasteiger partial charge in [-0.15, -0.1) is 0 Å². The zero-order valence-electron chi connectivity index (χ0n) is 11.2. The molecule has 1 saturated heterocycles. The van der Waals surface area contributed by atoms with E-state index in [0.717, 1.165) is 18.8 Å². The van der Waals surface area contributed by atoms with Gasteiger partial charge in [-0.05, 0) is 18.4 Å². The summed E-state index contributed by atoms with van der Waals surface area (Å²) in [7, 11) is -1.11. The molecular weight excluding hydrogens is 248 g/mol. The van der Waals surface area contributed by atoms with E-state index in [9.17, 15) is 0 Å². The Hall–Kier alpha value is -1.38. The van der Waals surface area contributed by atoms with Gasteiger partial charge in [-0.25, -0.2) is 0 Å². The van der Waals surface area contributed by atoms with Crippen LogP contribution in [0.15, 0.2) is 60.7 Å². The molecule has 3 rings (SSSR count). The Labute approximate surface area is 116 Å². The zero-order chi connectivity index (χ0) is 12.9. The Kier molecular flexibility index (Phi) is 4.11. The first kappa shape index (κ1) is 12.6. The molecule has 0 amide bonds. The Balaban J connectivity index is 1.96. The Morgan fingerprint density at radius 1 is 0.737 bits per heavy atom. The lowest BCUT2D eigenvalue weighted by atomic mass is 10.2. The van der Waals surface area contributed by atoms with Gasteiger partial charge in [0.25, 0.3) is 0 Å². The second kappa shape index (κ2) is 6.18. The van der Waals surface area contributed by atoms with Crippen LogP contribution < -0.4 is 10.4 Å². The van der Waals surface area contributed by atoms with Gasteiger partial charge in [-0.3, -0.25) is 0 Å². The van der Waals surface area contributed by atoms with Crippen LogP contribution in [-0.2, 0) is 4.74 Å². The molecule has 0 atom stereocenters. The van der Waals surface area contributed by atoms with Crippen LogP contribution >= 0.6 is 0 Å². The summed E-state index contributed by atoms with van der Waals surface area (Å²) >= 11 is 0. The number of hydrogen-bond donors (Lipinski definition) is 0. The maximum atomic E-state index is 5.54. The molecule has 2 heteroatoms. The Morgan fingerprint density at radius 3 is 1.68 bits per heavy atom. The van der Waals surface area contributed by atoms with Crippen molar-refractivity contribution in [3.8, 4) is 0 Å². The van der Waals surface area contributed by atoms with Crippen molar-refractivity contribution in [1.82, 2.24) is 0 Å². The summed E-state index contributed by atoms with van der Waals surface area (Å²) in [5, 5.41) is 3.14. The second-order valence-corrected chi connectivity index (χ2v) is 8.48. The second-order valence-electron chi connectivity index (χ2n) is 5.25. The van der Waals surface area contributed by atoms with E-state index in [4.69, 9.17) is 4.74 Å². The summed E-state index contributed by atoms with van der Waals surface area (Å²) in [6.45, 7) is 1.88. The standard InChI is InChI=1S/C17H20OSi/c1-3-7-15(8-4-1)19(16-9-5-2-6-10-16)17-11-13-18-14-12-17/h1-10,17,19H,11-14H2. The third-order valence-corrected chi connectivity index (χ3v) is 7.87. The Bertz CT molecular complexity index is 452. The van der Waals surface area contributed by atoms with Crippen LogP contribution in [0.25, 0.3) is 0 Å². The van der Waals surface area contributed by atoms with Crippen molar-refractivity contribution >= 4 is 19.2 Å². The monoisotopic (exact) mass is 268 g/mol. The summed E-state index contributed by atoms with van der Waals surface area (Å²) in [6, 6.07) is 22.2. The van der Waals surface area contributed by atoms with Crippen LogP contribution in [0, 0.1) is 0 Å². The molecule has 2 aromatic carbocycles. The van der Waals surface area contributed by atoms with E-state index in [1.807, 2.05) is 0 Å². The molecule has 1 fully saturated rings. The maximum absolute atomic E-state index is 5.54. The summed E-state index contributed by atoms with van der Waals surface area (Å²) in [5.74, 6) is 0. The molecule has 0 N–H and O–H groups in total. The predicted octanol–water partition coefficient (Wildman–Crippen LogP) is 2.21. The van der Waals surface area contributed by atoms with E-state index >= 15 is 0 Å². The molecule has 0 saturated carbocycles. The third-order valence-electron chi connectivity index (χ3n) is 4.05. The molecule has 98 valence electrons. The van der Waals surface area contributed by atoms with Crippen LogP contribution in [0.3, 0.4) is 0 Å². The van der Waals surface area contributed by atoms with Crippen LogP contribution in [0.1, 0.15) is 12.8 Å². The lowest BCUT2D eigenvalue weighted by molar-refractivity contribution is 0.0966. The van der Waals surface area contributed by atoms with E-state index in [-0.39, 0.29) is 0 Å². The van der Waals surface area contributed by atoms with Gasteiger partial charge in [0.1, 0.15) is 8.80 Å². The topological polar surface area (TPSA) is 9.23 Å². The first-order valence-corrected chi connectivity index (χ1v) is 8.95. The van der Waals surface area contributed by atoms with Crippen molar-refractivity contribution in [3.63, 3.8) is 0 Å². The summed E-state index contributed by atoms with van der Waals surface area (Å²) in [4.78, 5) is 0. The van der Waals surface area contributed by atoms with E-state index in [1.165, 1.54) is 12.8 Å². The largest absolute Gasteiger partial charge is 0.381 e. The van der Waals surface area contributed by atoms with Crippen molar-refractivity contribution in [3.05, 3.63) is 60.7 Å². The van der Waals surface area contributed by atoms with Gasteiger partial charge < -0.3 is 4.74 Å². The summed E-state index contributed by atoms with van der Waals surface area (Å²) in [5.41, 5.74) is 0.832. The molecule has 1 aliphatic heterocycles. The van der Waals surface area contributed by atoms with Gasteiger partial charge in [0.15, 0.2) is 0 Å². The average Bonchev–Trinajstić information content (AvgIpc) is 2.51. The number of rotatable bonds is 3. The fourth-order valence-electron chi connectivity index (χ4n) is 3.11. The molecule has 1 heterocycles. The number of ether oxygens (including phenoxy) is 1. The quantitative estimate of drug-likeness (QED) is 0.776. The molecular formula is C17H20OSi. The van der Waals surface area contributed by atoms with Crippen LogP contribution in [0.2, 0.25) is 5.54 Å². The van der Waals surface area contributed by atoms with Crippen molar-refractivity contribution < 1.29 is 4.74 Å². The van der Waals surface area contributed by atoms with Crippen molar-refractivity contribution in [2.75, 3.05) is 13.2 Å². The molecule has 0 radical (unpaired) electrons. The molecule has 0 unspecified atom stereocenters. The summed E-state index contributed by atoms with van der Waals surface area (Å²) < 4.78 is 5.54.